The summed E-state index contributed by atoms with van der Waals surface area (Å²) in [6.45, 7) is 2.51. The number of nitrogens with zero attached hydrogens (tertiary/aromatic N) is 1. The summed E-state index contributed by atoms with van der Waals surface area (Å²) in [6, 6.07) is 0. The van der Waals surface area contributed by atoms with E-state index in [2.05, 4.69) is 0 Å². The maximum Gasteiger partial charge on any atom is 0.305 e. The highest BCUT2D eigenvalue weighted by Crippen LogP contribution is 2.02. The van der Waals surface area contributed by atoms with Gasteiger partial charge in [-0.3, -0.25) is 14.9 Å². The number of carbonyl (C=O) groups excluding carboxylic acids is 1. The van der Waals surface area contributed by atoms with Gasteiger partial charge in [-0.2, -0.15) is 0 Å². The lowest BCUT2D eigenvalue weighted by molar-refractivity contribution is -0.480. The number of carbonyl (C=O) groups is 1. The molecule has 88 valence electrons. The smallest absolute Gasteiger partial charge is 0.305 e. The summed E-state index contributed by atoms with van der Waals surface area (Å²) in [5.41, 5.74) is 0. The quantitative estimate of drug-likeness (QED) is 0.257. The van der Waals surface area contributed by atoms with Crippen molar-refractivity contribution < 1.29 is 14.5 Å². The molecule has 0 rings (SSSR count). The van der Waals surface area contributed by atoms with Crippen LogP contribution in [0.5, 0.6) is 0 Å². The lowest BCUT2D eigenvalue weighted by Crippen LogP contribution is -2.06. The predicted octanol–water partition coefficient (Wildman–Crippen LogP) is 2.17. The average Bonchev–Trinajstić information content (AvgIpc) is 2.17. The molecule has 0 amide bonds. The molecule has 5 heteroatoms. The minimum atomic E-state index is -0.334. The lowest BCUT2D eigenvalue weighted by Gasteiger charge is -2.02. The molecular formula is C10H19NO4. The van der Waals surface area contributed by atoms with E-state index in [1.807, 2.05) is 6.92 Å². The highest BCUT2D eigenvalue weighted by atomic mass is 16.6. The summed E-state index contributed by atoms with van der Waals surface area (Å²) in [6.07, 6.45) is 4.21. The Morgan fingerprint density at radius 2 is 2.00 bits per heavy atom. The first-order chi connectivity index (χ1) is 7.16. The van der Waals surface area contributed by atoms with E-state index in [0.717, 1.165) is 12.8 Å². The SMILES string of the molecule is CCCCOC(=O)CCCCC[N+](=O)[O-]. The van der Waals surface area contributed by atoms with Crippen LogP contribution in [0.1, 0.15) is 45.4 Å². The lowest BCUT2D eigenvalue weighted by atomic mass is 10.2. The molecule has 0 radical (unpaired) electrons. The van der Waals surface area contributed by atoms with Crippen molar-refractivity contribution >= 4 is 5.97 Å². The van der Waals surface area contributed by atoms with E-state index in [9.17, 15) is 14.9 Å². The van der Waals surface area contributed by atoms with Crippen LogP contribution in [0.25, 0.3) is 0 Å². The fraction of sp³-hybridized carbons (Fsp3) is 0.900. The Bertz CT molecular complexity index is 194. The monoisotopic (exact) mass is 217 g/mol. The molecule has 0 spiro atoms. The molecule has 0 aliphatic carbocycles. The van der Waals surface area contributed by atoms with Crippen LogP contribution >= 0.6 is 0 Å². The van der Waals surface area contributed by atoms with E-state index in [4.69, 9.17) is 4.74 Å². The Labute approximate surface area is 90.0 Å². The van der Waals surface area contributed by atoms with Gasteiger partial charge < -0.3 is 4.74 Å². The first kappa shape index (κ1) is 13.9. The van der Waals surface area contributed by atoms with Crippen LogP contribution in [-0.4, -0.2) is 24.0 Å². The molecule has 0 bridgehead atoms. The van der Waals surface area contributed by atoms with Crippen molar-refractivity contribution in [2.24, 2.45) is 0 Å². The molecule has 0 N–H and O–H groups in total. The number of unbranched alkanes of at least 4 members (excludes halogenated alkanes) is 3. The van der Waals surface area contributed by atoms with E-state index in [-0.39, 0.29) is 17.4 Å². The zero-order valence-corrected chi connectivity index (χ0v) is 9.24. The van der Waals surface area contributed by atoms with Crippen LogP contribution in [0.2, 0.25) is 0 Å². The molecule has 0 atom stereocenters. The fourth-order valence-electron chi connectivity index (χ4n) is 1.09. The van der Waals surface area contributed by atoms with Gasteiger partial charge in [0.15, 0.2) is 0 Å². The molecule has 0 heterocycles. The second-order valence-electron chi connectivity index (χ2n) is 3.44. The van der Waals surface area contributed by atoms with E-state index in [0.29, 0.717) is 32.3 Å². The normalized spacial score (nSPS) is 9.93. The predicted molar refractivity (Wildman–Crippen MR) is 56.2 cm³/mol. The molecule has 0 unspecified atom stereocenters. The van der Waals surface area contributed by atoms with Crippen molar-refractivity contribution in [1.82, 2.24) is 0 Å². The highest BCUT2D eigenvalue weighted by Gasteiger charge is 2.03. The van der Waals surface area contributed by atoms with Crippen LogP contribution < -0.4 is 0 Å². The van der Waals surface area contributed by atoms with E-state index in [1.165, 1.54) is 0 Å². The largest absolute Gasteiger partial charge is 0.466 e. The van der Waals surface area contributed by atoms with Crippen LogP contribution in [0.15, 0.2) is 0 Å². The van der Waals surface area contributed by atoms with Crippen molar-refractivity contribution in [2.75, 3.05) is 13.2 Å². The Morgan fingerprint density at radius 1 is 1.27 bits per heavy atom. The minimum Gasteiger partial charge on any atom is -0.466 e. The number of ether oxygens (including phenoxy) is 1. The third-order valence-corrected chi connectivity index (χ3v) is 1.98. The van der Waals surface area contributed by atoms with Crippen molar-refractivity contribution in [1.29, 1.82) is 0 Å². The maximum absolute atomic E-state index is 11.1. The first-order valence-electron chi connectivity index (χ1n) is 5.44. The van der Waals surface area contributed by atoms with Gasteiger partial charge in [0.05, 0.1) is 6.61 Å². The number of rotatable bonds is 9. The van der Waals surface area contributed by atoms with E-state index in [1.54, 1.807) is 0 Å². The number of hydrogen-bond donors (Lipinski definition) is 0. The second kappa shape index (κ2) is 9.43. The van der Waals surface area contributed by atoms with Gasteiger partial charge in [0.2, 0.25) is 6.54 Å². The molecule has 5 nitrogen and oxygen atoms in total. The molecule has 0 aliphatic rings. The molecule has 0 aromatic heterocycles. The van der Waals surface area contributed by atoms with Crippen molar-refractivity contribution in [3.05, 3.63) is 10.1 Å². The second-order valence-corrected chi connectivity index (χ2v) is 3.44. The Hall–Kier alpha value is -1.13. The van der Waals surface area contributed by atoms with Crippen LogP contribution in [-0.2, 0) is 9.53 Å². The summed E-state index contributed by atoms with van der Waals surface area (Å²) in [5, 5.41) is 9.98. The van der Waals surface area contributed by atoms with Crippen molar-refractivity contribution in [3.8, 4) is 0 Å². The van der Waals surface area contributed by atoms with Gasteiger partial charge in [-0.05, 0) is 19.3 Å². The molecule has 0 saturated heterocycles. The van der Waals surface area contributed by atoms with Gasteiger partial charge in [-0.25, -0.2) is 0 Å². The van der Waals surface area contributed by atoms with Gasteiger partial charge in [0.25, 0.3) is 0 Å². The van der Waals surface area contributed by atoms with Gasteiger partial charge in [0, 0.05) is 17.8 Å². The standard InChI is InChI=1S/C10H19NO4/c1-2-3-9-15-10(12)7-5-4-6-8-11(13)14/h2-9H2,1H3. The van der Waals surface area contributed by atoms with Crippen LogP contribution in [0.3, 0.4) is 0 Å². The first-order valence-corrected chi connectivity index (χ1v) is 5.44. The highest BCUT2D eigenvalue weighted by molar-refractivity contribution is 5.69. The number of esters is 1. The third kappa shape index (κ3) is 10.8. The zero-order valence-electron chi connectivity index (χ0n) is 9.24. The molecule has 0 fully saturated rings. The zero-order chi connectivity index (χ0) is 11.5. The van der Waals surface area contributed by atoms with E-state index < -0.39 is 0 Å². The maximum atomic E-state index is 11.1. The molecule has 0 aromatic rings. The Kier molecular flexibility index (Phi) is 8.72. The number of hydrogen-bond acceptors (Lipinski definition) is 4. The van der Waals surface area contributed by atoms with E-state index >= 15 is 0 Å². The Balaban J connectivity index is 3.20. The summed E-state index contributed by atoms with van der Waals surface area (Å²) in [7, 11) is 0. The van der Waals surface area contributed by atoms with Gasteiger partial charge >= 0.3 is 5.97 Å². The third-order valence-electron chi connectivity index (χ3n) is 1.98. The van der Waals surface area contributed by atoms with Crippen LogP contribution in [0.4, 0.5) is 0 Å². The summed E-state index contributed by atoms with van der Waals surface area (Å²) in [5.74, 6) is -0.190. The van der Waals surface area contributed by atoms with Crippen molar-refractivity contribution in [3.63, 3.8) is 0 Å². The Morgan fingerprint density at radius 3 is 2.60 bits per heavy atom. The molecule has 15 heavy (non-hydrogen) atoms. The summed E-state index contributed by atoms with van der Waals surface area (Å²) >= 11 is 0. The molecule has 0 saturated carbocycles. The minimum absolute atomic E-state index is 0.00905. The van der Waals surface area contributed by atoms with Gasteiger partial charge in [-0.15, -0.1) is 0 Å². The summed E-state index contributed by atoms with van der Waals surface area (Å²) < 4.78 is 4.94. The fourth-order valence-corrected chi connectivity index (χ4v) is 1.09. The molecule has 0 aliphatic heterocycles. The summed E-state index contributed by atoms with van der Waals surface area (Å²) in [4.78, 5) is 20.7. The molecule has 0 aromatic carbocycles. The number of nitro groups is 1. The van der Waals surface area contributed by atoms with Gasteiger partial charge in [0.1, 0.15) is 0 Å². The average molecular weight is 217 g/mol. The molecular weight excluding hydrogens is 198 g/mol. The topological polar surface area (TPSA) is 69.4 Å². The van der Waals surface area contributed by atoms with Crippen LogP contribution in [0, 0.1) is 10.1 Å². The van der Waals surface area contributed by atoms with Crippen molar-refractivity contribution in [2.45, 2.75) is 45.4 Å². The van der Waals surface area contributed by atoms with Gasteiger partial charge in [-0.1, -0.05) is 13.3 Å².